The van der Waals surface area contributed by atoms with E-state index in [2.05, 4.69) is 30.7 Å². The maximum atomic E-state index is 13.1. The molecule has 4 aromatic rings. The zero-order chi connectivity index (χ0) is 29.9. The van der Waals surface area contributed by atoms with Gasteiger partial charge in [-0.1, -0.05) is 35.5 Å². The highest BCUT2D eigenvalue weighted by atomic mass is 16.5. The molecule has 1 atom stereocenters. The number of ether oxygens (including phenoxy) is 1. The van der Waals surface area contributed by atoms with E-state index in [1.807, 2.05) is 36.4 Å². The van der Waals surface area contributed by atoms with Gasteiger partial charge >= 0.3 is 5.97 Å². The standard InChI is InChI=1S/C30H33N7O5/c1-18-32-26(42-36-18)23-15-31-29(35-25(23)34-24(16-38)19-8-6-5-7-9-19)33-21-10-11-22-20(14-21)12-13-37(27(22)39)17-41-28(40)30(2,3)4/h5-11,14-15,24,38H,12-13,16-17H2,1-4H3,(H2,31,33,34,35)/t24-/m1/s1. The number of anilines is 3. The fraction of sp³-hybridized carbons (Fsp3) is 0.333. The number of aliphatic hydroxyl groups is 1. The summed E-state index contributed by atoms with van der Waals surface area (Å²) in [5.74, 6) is 0.852. The number of benzene rings is 2. The van der Waals surface area contributed by atoms with Crippen LogP contribution in [0, 0.1) is 12.3 Å². The maximum absolute atomic E-state index is 13.1. The van der Waals surface area contributed by atoms with Crippen LogP contribution >= 0.6 is 0 Å². The predicted molar refractivity (Wildman–Crippen MR) is 155 cm³/mol. The van der Waals surface area contributed by atoms with Crippen LogP contribution in [-0.2, 0) is 16.0 Å². The predicted octanol–water partition coefficient (Wildman–Crippen LogP) is 4.27. The Morgan fingerprint density at radius 1 is 1.14 bits per heavy atom. The largest absolute Gasteiger partial charge is 0.444 e. The molecule has 0 fully saturated rings. The molecule has 3 N–H and O–H groups in total. The Kier molecular flexibility index (Phi) is 8.16. The topological polar surface area (TPSA) is 156 Å². The Morgan fingerprint density at radius 2 is 1.93 bits per heavy atom. The van der Waals surface area contributed by atoms with Crippen LogP contribution < -0.4 is 10.6 Å². The first kappa shape index (κ1) is 28.7. The van der Waals surface area contributed by atoms with Crippen molar-refractivity contribution in [2.24, 2.45) is 5.41 Å². The van der Waals surface area contributed by atoms with E-state index in [0.717, 1.165) is 11.1 Å². The Labute approximate surface area is 243 Å². The van der Waals surface area contributed by atoms with Gasteiger partial charge in [0.15, 0.2) is 12.6 Å². The van der Waals surface area contributed by atoms with Crippen molar-refractivity contribution in [1.29, 1.82) is 0 Å². The first-order valence-electron chi connectivity index (χ1n) is 13.6. The number of nitrogens with zero attached hydrogens (tertiary/aromatic N) is 5. The van der Waals surface area contributed by atoms with E-state index in [9.17, 15) is 14.7 Å². The molecule has 12 heteroatoms. The fourth-order valence-corrected chi connectivity index (χ4v) is 4.42. The molecule has 218 valence electrons. The molecule has 0 spiro atoms. The van der Waals surface area contributed by atoms with Crippen LogP contribution in [0.15, 0.2) is 59.3 Å². The van der Waals surface area contributed by atoms with Crippen molar-refractivity contribution in [2.45, 2.75) is 40.2 Å². The van der Waals surface area contributed by atoms with Gasteiger partial charge < -0.3 is 29.9 Å². The van der Waals surface area contributed by atoms with Crippen molar-refractivity contribution in [3.05, 3.63) is 77.2 Å². The number of fused-ring (bicyclic) bond motifs is 1. The molecule has 0 saturated carbocycles. The number of hydrogen-bond donors (Lipinski definition) is 3. The number of hydrogen-bond acceptors (Lipinski definition) is 11. The van der Waals surface area contributed by atoms with E-state index in [0.29, 0.717) is 47.4 Å². The van der Waals surface area contributed by atoms with Gasteiger partial charge in [0.2, 0.25) is 5.95 Å². The Balaban J connectivity index is 1.36. The van der Waals surface area contributed by atoms with Crippen LogP contribution in [0.5, 0.6) is 0 Å². The van der Waals surface area contributed by atoms with Gasteiger partial charge in [-0.25, -0.2) is 4.98 Å². The van der Waals surface area contributed by atoms with Crippen molar-refractivity contribution >= 4 is 29.3 Å². The highest BCUT2D eigenvalue weighted by Crippen LogP contribution is 2.30. The number of nitrogens with one attached hydrogen (secondary N) is 2. The van der Waals surface area contributed by atoms with E-state index < -0.39 is 11.5 Å². The van der Waals surface area contributed by atoms with Gasteiger partial charge in [0.25, 0.3) is 11.8 Å². The van der Waals surface area contributed by atoms with Crippen molar-refractivity contribution in [2.75, 3.05) is 30.5 Å². The quantitative estimate of drug-likeness (QED) is 0.247. The van der Waals surface area contributed by atoms with Crippen LogP contribution in [0.1, 0.15) is 54.1 Å². The molecule has 1 aliphatic rings. The minimum atomic E-state index is -0.641. The summed E-state index contributed by atoms with van der Waals surface area (Å²) in [6.45, 7) is 7.20. The lowest BCUT2D eigenvalue weighted by Crippen LogP contribution is -2.40. The lowest BCUT2D eigenvalue weighted by molar-refractivity contribution is -0.156. The molecule has 0 bridgehead atoms. The summed E-state index contributed by atoms with van der Waals surface area (Å²) < 4.78 is 10.7. The molecular weight excluding hydrogens is 538 g/mol. The molecule has 0 aliphatic carbocycles. The number of esters is 1. The number of aryl methyl sites for hydroxylation is 1. The maximum Gasteiger partial charge on any atom is 0.312 e. The van der Waals surface area contributed by atoms with E-state index in [-0.39, 0.29) is 31.1 Å². The Morgan fingerprint density at radius 3 is 2.62 bits per heavy atom. The summed E-state index contributed by atoms with van der Waals surface area (Å²) in [7, 11) is 0. The Bertz CT molecular complexity index is 1580. The van der Waals surface area contributed by atoms with Crippen molar-refractivity contribution < 1.29 is 24.0 Å². The van der Waals surface area contributed by atoms with Gasteiger partial charge in [-0.3, -0.25) is 9.59 Å². The van der Waals surface area contributed by atoms with Crippen molar-refractivity contribution in [1.82, 2.24) is 25.0 Å². The van der Waals surface area contributed by atoms with Crippen LogP contribution in [0.2, 0.25) is 0 Å². The third-order valence-electron chi connectivity index (χ3n) is 6.74. The molecule has 0 unspecified atom stereocenters. The van der Waals surface area contributed by atoms with E-state index in [1.165, 1.54) is 4.90 Å². The first-order chi connectivity index (χ1) is 20.1. The fourth-order valence-electron chi connectivity index (χ4n) is 4.42. The molecule has 0 radical (unpaired) electrons. The molecule has 0 saturated heterocycles. The van der Waals surface area contributed by atoms with Gasteiger partial charge in [0.05, 0.1) is 18.1 Å². The van der Waals surface area contributed by atoms with E-state index >= 15 is 0 Å². The lowest BCUT2D eigenvalue weighted by Gasteiger charge is -2.29. The normalized spacial score (nSPS) is 13.8. The first-order valence-corrected chi connectivity index (χ1v) is 13.6. The van der Waals surface area contributed by atoms with Crippen molar-refractivity contribution in [3.63, 3.8) is 0 Å². The van der Waals surface area contributed by atoms with Gasteiger partial charge in [-0.15, -0.1) is 0 Å². The summed E-state index contributed by atoms with van der Waals surface area (Å²) in [5.41, 5.74) is 2.84. The average molecular weight is 572 g/mol. The monoisotopic (exact) mass is 571 g/mol. The highest BCUT2D eigenvalue weighted by Gasteiger charge is 2.28. The average Bonchev–Trinajstić information content (AvgIpc) is 3.41. The van der Waals surface area contributed by atoms with Crippen molar-refractivity contribution in [3.8, 4) is 11.5 Å². The lowest BCUT2D eigenvalue weighted by atomic mass is 9.97. The molecule has 42 heavy (non-hydrogen) atoms. The summed E-state index contributed by atoms with van der Waals surface area (Å²) in [6, 6.07) is 14.5. The second kappa shape index (κ2) is 12.0. The summed E-state index contributed by atoms with van der Waals surface area (Å²) in [6.07, 6.45) is 2.17. The molecular formula is C30H33N7O5. The number of rotatable bonds is 9. The number of aliphatic hydroxyl groups excluding tert-OH is 1. The minimum Gasteiger partial charge on any atom is -0.444 e. The summed E-state index contributed by atoms with van der Waals surface area (Å²) in [4.78, 5) is 40.2. The Hall–Kier alpha value is -4.84. The molecule has 12 nitrogen and oxygen atoms in total. The second-order valence-corrected chi connectivity index (χ2v) is 11.0. The van der Waals surface area contributed by atoms with Crippen LogP contribution in [0.25, 0.3) is 11.5 Å². The molecule has 2 aromatic carbocycles. The highest BCUT2D eigenvalue weighted by molar-refractivity contribution is 5.97. The molecule has 3 heterocycles. The van der Waals surface area contributed by atoms with Crippen LogP contribution in [-0.4, -0.2) is 61.9 Å². The number of carbonyl (C=O) groups is 2. The van der Waals surface area contributed by atoms with Crippen LogP contribution in [0.4, 0.5) is 17.5 Å². The minimum absolute atomic E-state index is 0.0816. The zero-order valence-corrected chi connectivity index (χ0v) is 23.9. The molecule has 5 rings (SSSR count). The SMILES string of the molecule is Cc1noc(-c2cnc(Nc3ccc4c(c3)CCN(COC(=O)C(C)(C)C)C4=O)nc2N[C@H](CO)c2ccccc2)n1. The summed E-state index contributed by atoms with van der Waals surface area (Å²) >= 11 is 0. The number of amides is 1. The molecule has 1 amide bonds. The van der Waals surface area contributed by atoms with Gasteiger partial charge in [-0.2, -0.15) is 9.97 Å². The number of carbonyl (C=O) groups excluding carboxylic acids is 2. The van der Waals surface area contributed by atoms with Gasteiger partial charge in [-0.05, 0) is 63.4 Å². The summed E-state index contributed by atoms with van der Waals surface area (Å²) in [5, 5.41) is 20.5. The van der Waals surface area contributed by atoms with Gasteiger partial charge in [0.1, 0.15) is 11.4 Å². The zero-order valence-electron chi connectivity index (χ0n) is 23.9. The molecule has 2 aromatic heterocycles. The van der Waals surface area contributed by atoms with E-state index in [1.54, 1.807) is 46.0 Å². The van der Waals surface area contributed by atoms with Crippen LogP contribution in [0.3, 0.4) is 0 Å². The van der Waals surface area contributed by atoms with Gasteiger partial charge in [0, 0.05) is 24.0 Å². The second-order valence-electron chi connectivity index (χ2n) is 11.0. The molecule has 1 aliphatic heterocycles. The smallest absolute Gasteiger partial charge is 0.312 e. The number of aromatic nitrogens is 4. The third kappa shape index (κ3) is 6.39. The van der Waals surface area contributed by atoms with E-state index in [4.69, 9.17) is 9.26 Å². The third-order valence-corrected chi connectivity index (χ3v) is 6.74.